The van der Waals surface area contributed by atoms with Gasteiger partial charge in [0.05, 0.1) is 0 Å². The maximum Gasteiger partial charge on any atom is 0.110 e. The quantitative estimate of drug-likeness (QED) is 0.859. The fourth-order valence-electron chi connectivity index (χ4n) is 2.82. The fraction of sp³-hybridized carbons (Fsp3) is 0.571. The summed E-state index contributed by atoms with van der Waals surface area (Å²) in [6.07, 6.45) is 4.94. The lowest BCUT2D eigenvalue weighted by molar-refractivity contribution is 0.321. The van der Waals surface area contributed by atoms with Crippen LogP contribution < -0.4 is 0 Å². The summed E-state index contributed by atoms with van der Waals surface area (Å²) in [5.41, 5.74) is 2.37. The SMILES string of the molecule is CN(C)Cc1cnc([C@@H]2CCN(Cc3ccn[nH]3)C2)[nH]1. The van der Waals surface area contributed by atoms with Crippen molar-refractivity contribution in [2.75, 3.05) is 27.2 Å². The third-order valence-corrected chi connectivity index (χ3v) is 3.75. The molecule has 6 nitrogen and oxygen atoms in total. The summed E-state index contributed by atoms with van der Waals surface area (Å²) in [5.74, 6) is 1.66. The number of nitrogens with zero attached hydrogens (tertiary/aromatic N) is 4. The van der Waals surface area contributed by atoms with E-state index in [1.807, 2.05) is 18.5 Å². The van der Waals surface area contributed by atoms with Crippen LogP contribution in [0.2, 0.25) is 0 Å². The zero-order chi connectivity index (χ0) is 13.9. The summed E-state index contributed by atoms with van der Waals surface area (Å²) in [7, 11) is 4.14. The molecule has 0 spiro atoms. The molecule has 0 aliphatic carbocycles. The van der Waals surface area contributed by atoms with Crippen LogP contribution in [0.4, 0.5) is 0 Å². The van der Waals surface area contributed by atoms with Crippen LogP contribution in [0, 0.1) is 0 Å². The van der Waals surface area contributed by atoms with E-state index in [1.54, 1.807) is 0 Å². The van der Waals surface area contributed by atoms with E-state index in [4.69, 9.17) is 0 Å². The van der Waals surface area contributed by atoms with Gasteiger partial charge in [0.1, 0.15) is 5.82 Å². The molecule has 6 heteroatoms. The summed E-state index contributed by atoms with van der Waals surface area (Å²) in [5, 5.41) is 7.02. The van der Waals surface area contributed by atoms with Gasteiger partial charge in [-0.25, -0.2) is 4.98 Å². The highest BCUT2D eigenvalue weighted by atomic mass is 15.2. The Kier molecular flexibility index (Phi) is 3.84. The Morgan fingerprint density at radius 3 is 3.05 bits per heavy atom. The molecule has 0 amide bonds. The number of nitrogens with one attached hydrogen (secondary N) is 2. The van der Waals surface area contributed by atoms with Gasteiger partial charge in [-0.2, -0.15) is 5.10 Å². The van der Waals surface area contributed by atoms with Crippen LogP contribution in [-0.4, -0.2) is 57.1 Å². The molecule has 3 rings (SSSR count). The number of rotatable bonds is 5. The van der Waals surface area contributed by atoms with Gasteiger partial charge in [0.2, 0.25) is 0 Å². The molecule has 3 heterocycles. The summed E-state index contributed by atoms with van der Waals surface area (Å²) in [4.78, 5) is 12.6. The number of aromatic amines is 2. The van der Waals surface area contributed by atoms with Gasteiger partial charge in [0.15, 0.2) is 0 Å². The summed E-state index contributed by atoms with van der Waals surface area (Å²) >= 11 is 0. The molecule has 20 heavy (non-hydrogen) atoms. The highest BCUT2D eigenvalue weighted by molar-refractivity contribution is 5.08. The molecule has 0 radical (unpaired) electrons. The van der Waals surface area contributed by atoms with E-state index in [0.717, 1.165) is 32.0 Å². The van der Waals surface area contributed by atoms with Crippen molar-refractivity contribution in [2.45, 2.75) is 25.4 Å². The predicted octanol–water partition coefficient (Wildman–Crippen LogP) is 1.18. The molecule has 0 aromatic carbocycles. The molecule has 1 aliphatic rings. The van der Waals surface area contributed by atoms with E-state index in [-0.39, 0.29) is 0 Å². The minimum Gasteiger partial charge on any atom is -0.345 e. The molecular weight excluding hydrogens is 252 g/mol. The van der Waals surface area contributed by atoms with Crippen molar-refractivity contribution in [3.05, 3.63) is 35.7 Å². The third-order valence-electron chi connectivity index (χ3n) is 3.75. The van der Waals surface area contributed by atoms with Gasteiger partial charge in [-0.1, -0.05) is 0 Å². The monoisotopic (exact) mass is 274 g/mol. The van der Waals surface area contributed by atoms with E-state index in [9.17, 15) is 0 Å². The number of H-pyrrole nitrogens is 2. The van der Waals surface area contributed by atoms with Crippen LogP contribution in [0.25, 0.3) is 0 Å². The van der Waals surface area contributed by atoms with Crippen molar-refractivity contribution in [3.63, 3.8) is 0 Å². The first-order valence-electron chi connectivity index (χ1n) is 7.10. The van der Waals surface area contributed by atoms with E-state index in [0.29, 0.717) is 5.92 Å². The third kappa shape index (κ3) is 3.08. The van der Waals surface area contributed by atoms with Gasteiger partial charge in [0, 0.05) is 49.3 Å². The smallest absolute Gasteiger partial charge is 0.110 e. The zero-order valence-electron chi connectivity index (χ0n) is 12.1. The number of imidazole rings is 1. The van der Waals surface area contributed by atoms with Crippen LogP contribution in [0.5, 0.6) is 0 Å². The summed E-state index contributed by atoms with van der Waals surface area (Å²) < 4.78 is 0. The van der Waals surface area contributed by atoms with Gasteiger partial charge in [0.25, 0.3) is 0 Å². The maximum atomic E-state index is 4.55. The Bertz CT molecular complexity index is 530. The van der Waals surface area contributed by atoms with E-state index in [1.165, 1.54) is 17.8 Å². The van der Waals surface area contributed by atoms with E-state index >= 15 is 0 Å². The zero-order valence-corrected chi connectivity index (χ0v) is 12.1. The lowest BCUT2D eigenvalue weighted by Crippen LogP contribution is -2.20. The molecular formula is C14H22N6. The lowest BCUT2D eigenvalue weighted by Gasteiger charge is -2.14. The number of likely N-dealkylation sites (tertiary alicyclic amines) is 1. The normalized spacial score (nSPS) is 20.1. The maximum absolute atomic E-state index is 4.55. The molecule has 1 atom stereocenters. The first kappa shape index (κ1) is 13.3. The Morgan fingerprint density at radius 1 is 1.40 bits per heavy atom. The van der Waals surface area contributed by atoms with Gasteiger partial charge in [-0.15, -0.1) is 0 Å². The standard InChI is InChI=1S/C14H22N6/c1-19(2)9-13-7-15-14(17-13)11-4-6-20(8-11)10-12-3-5-16-18-12/h3,5,7,11H,4,6,8-10H2,1-2H3,(H,15,17)(H,16,18)/t11-/m1/s1. The van der Waals surface area contributed by atoms with E-state index < -0.39 is 0 Å². The molecule has 1 fully saturated rings. The summed E-state index contributed by atoms with van der Waals surface area (Å²) in [6.45, 7) is 4.04. The second kappa shape index (κ2) is 5.76. The Labute approximate surface area is 119 Å². The molecule has 2 aromatic rings. The molecule has 2 N–H and O–H groups in total. The van der Waals surface area contributed by atoms with E-state index in [2.05, 4.69) is 44.1 Å². The van der Waals surface area contributed by atoms with Crippen LogP contribution in [0.1, 0.15) is 29.6 Å². The average Bonchev–Trinajstić information content (AvgIpc) is 3.09. The number of hydrogen-bond acceptors (Lipinski definition) is 4. The minimum atomic E-state index is 0.522. The molecule has 1 saturated heterocycles. The van der Waals surface area contributed by atoms with Crippen LogP contribution in [0.15, 0.2) is 18.5 Å². The van der Waals surface area contributed by atoms with Gasteiger partial charge >= 0.3 is 0 Å². The Morgan fingerprint density at radius 2 is 2.30 bits per heavy atom. The van der Waals surface area contributed by atoms with Gasteiger partial charge < -0.3 is 9.88 Å². The average molecular weight is 274 g/mol. The molecule has 0 bridgehead atoms. The summed E-state index contributed by atoms with van der Waals surface area (Å²) in [6, 6.07) is 2.04. The van der Waals surface area contributed by atoms with Gasteiger partial charge in [-0.3, -0.25) is 10.00 Å². The second-order valence-electron chi connectivity index (χ2n) is 5.83. The topological polar surface area (TPSA) is 63.8 Å². The minimum absolute atomic E-state index is 0.522. The van der Waals surface area contributed by atoms with Crippen LogP contribution in [0.3, 0.4) is 0 Å². The first-order chi connectivity index (χ1) is 9.70. The Balaban J connectivity index is 1.58. The number of aromatic nitrogens is 4. The second-order valence-corrected chi connectivity index (χ2v) is 5.83. The largest absolute Gasteiger partial charge is 0.345 e. The van der Waals surface area contributed by atoms with Crippen molar-refractivity contribution in [1.82, 2.24) is 30.0 Å². The lowest BCUT2D eigenvalue weighted by atomic mass is 10.1. The molecule has 0 saturated carbocycles. The number of hydrogen-bond donors (Lipinski definition) is 2. The van der Waals surface area contributed by atoms with Gasteiger partial charge in [-0.05, 0) is 33.1 Å². The van der Waals surface area contributed by atoms with Crippen molar-refractivity contribution in [2.24, 2.45) is 0 Å². The highest BCUT2D eigenvalue weighted by Gasteiger charge is 2.26. The van der Waals surface area contributed by atoms with Crippen molar-refractivity contribution >= 4 is 0 Å². The van der Waals surface area contributed by atoms with Crippen LogP contribution >= 0.6 is 0 Å². The molecule has 108 valence electrons. The molecule has 2 aromatic heterocycles. The first-order valence-corrected chi connectivity index (χ1v) is 7.10. The van der Waals surface area contributed by atoms with Crippen molar-refractivity contribution in [3.8, 4) is 0 Å². The predicted molar refractivity (Wildman–Crippen MR) is 77.2 cm³/mol. The fourth-order valence-corrected chi connectivity index (χ4v) is 2.82. The molecule has 1 aliphatic heterocycles. The van der Waals surface area contributed by atoms with Crippen molar-refractivity contribution in [1.29, 1.82) is 0 Å². The Hall–Kier alpha value is -1.66. The van der Waals surface area contributed by atoms with Crippen molar-refractivity contribution < 1.29 is 0 Å². The highest BCUT2D eigenvalue weighted by Crippen LogP contribution is 2.26. The molecule has 0 unspecified atom stereocenters. The van der Waals surface area contributed by atoms with Crippen LogP contribution in [-0.2, 0) is 13.1 Å².